The van der Waals surface area contributed by atoms with E-state index in [1.807, 2.05) is 24.3 Å². The number of nitrogens with one attached hydrogen (secondary N) is 1. The summed E-state index contributed by atoms with van der Waals surface area (Å²) in [6.07, 6.45) is 1.46. The Labute approximate surface area is 121 Å². The van der Waals surface area contributed by atoms with E-state index in [0.717, 1.165) is 29.8 Å². The molecular weight excluding hydrogens is 276 g/mol. The molecule has 21 heavy (non-hydrogen) atoms. The van der Waals surface area contributed by atoms with E-state index in [1.54, 1.807) is 0 Å². The van der Waals surface area contributed by atoms with E-state index >= 15 is 0 Å². The van der Waals surface area contributed by atoms with Gasteiger partial charge in [-0.25, -0.2) is 8.78 Å². The van der Waals surface area contributed by atoms with Crippen LogP contribution in [0.3, 0.4) is 0 Å². The van der Waals surface area contributed by atoms with E-state index in [-0.39, 0.29) is 13.2 Å². The first-order chi connectivity index (χ1) is 10.1. The van der Waals surface area contributed by atoms with Crippen LogP contribution in [0.25, 0.3) is 0 Å². The molecule has 2 aromatic rings. The Kier molecular flexibility index (Phi) is 5.11. The zero-order valence-electron chi connectivity index (χ0n) is 11.4. The third kappa shape index (κ3) is 4.16. The second-order valence-corrected chi connectivity index (χ2v) is 4.79. The fraction of sp³-hybridized carbons (Fsp3) is 0.250. The van der Waals surface area contributed by atoms with Gasteiger partial charge in [0.2, 0.25) is 0 Å². The van der Waals surface area contributed by atoms with Gasteiger partial charge in [0.1, 0.15) is 0 Å². The number of aliphatic hydroxyl groups is 1. The molecule has 0 atom stereocenters. The lowest BCUT2D eigenvalue weighted by molar-refractivity contribution is 0.288. The van der Waals surface area contributed by atoms with Crippen LogP contribution >= 0.6 is 0 Å². The molecule has 0 saturated carbocycles. The molecule has 112 valence electrons. The van der Waals surface area contributed by atoms with Crippen molar-refractivity contribution in [3.63, 3.8) is 0 Å². The monoisotopic (exact) mass is 293 g/mol. The minimum absolute atomic E-state index is 0.143. The minimum Gasteiger partial charge on any atom is -0.503 e. The maximum Gasteiger partial charge on any atom is 0.187 e. The van der Waals surface area contributed by atoms with Crippen molar-refractivity contribution in [2.24, 2.45) is 0 Å². The summed E-state index contributed by atoms with van der Waals surface area (Å²) in [5.74, 6) is -2.89. The minimum atomic E-state index is -0.969. The van der Waals surface area contributed by atoms with Crippen LogP contribution in [0.1, 0.15) is 17.5 Å². The molecule has 0 unspecified atom stereocenters. The normalized spacial score (nSPS) is 10.6. The predicted molar refractivity (Wildman–Crippen MR) is 77.2 cm³/mol. The zero-order valence-corrected chi connectivity index (χ0v) is 11.4. The number of halogens is 2. The summed E-state index contributed by atoms with van der Waals surface area (Å²) < 4.78 is 26.5. The van der Waals surface area contributed by atoms with Gasteiger partial charge in [-0.1, -0.05) is 12.1 Å². The Morgan fingerprint density at radius 1 is 1.00 bits per heavy atom. The van der Waals surface area contributed by atoms with Gasteiger partial charge in [-0.2, -0.15) is 0 Å². The largest absolute Gasteiger partial charge is 0.503 e. The first kappa shape index (κ1) is 15.3. The zero-order chi connectivity index (χ0) is 15.2. The number of rotatable bonds is 6. The van der Waals surface area contributed by atoms with Gasteiger partial charge in [-0.3, -0.25) is 0 Å². The van der Waals surface area contributed by atoms with E-state index in [4.69, 9.17) is 10.2 Å². The van der Waals surface area contributed by atoms with Crippen LogP contribution in [0.2, 0.25) is 0 Å². The second-order valence-electron chi connectivity index (χ2n) is 4.79. The quantitative estimate of drug-likeness (QED) is 0.766. The maximum absolute atomic E-state index is 13.2. The van der Waals surface area contributed by atoms with Crippen molar-refractivity contribution in [2.75, 3.05) is 11.9 Å². The summed E-state index contributed by atoms with van der Waals surface area (Å²) in [6, 6.07) is 9.83. The third-order valence-corrected chi connectivity index (χ3v) is 3.12. The van der Waals surface area contributed by atoms with Gasteiger partial charge >= 0.3 is 0 Å². The second kappa shape index (κ2) is 7.04. The molecule has 0 spiro atoms. The Hall–Kier alpha value is -2.14. The molecule has 0 amide bonds. The molecule has 0 saturated heterocycles. The van der Waals surface area contributed by atoms with Crippen molar-refractivity contribution in [2.45, 2.75) is 19.4 Å². The lowest BCUT2D eigenvalue weighted by Crippen LogP contribution is -2.01. The van der Waals surface area contributed by atoms with Crippen molar-refractivity contribution in [3.05, 3.63) is 59.2 Å². The van der Waals surface area contributed by atoms with Gasteiger partial charge in [-0.05, 0) is 48.2 Å². The molecule has 0 aliphatic heterocycles. The van der Waals surface area contributed by atoms with E-state index in [0.29, 0.717) is 12.0 Å². The van der Waals surface area contributed by atoms with Crippen molar-refractivity contribution < 1.29 is 19.0 Å². The van der Waals surface area contributed by atoms with Crippen LogP contribution in [0.5, 0.6) is 5.75 Å². The fourth-order valence-electron chi connectivity index (χ4n) is 2.04. The number of benzene rings is 2. The van der Waals surface area contributed by atoms with Gasteiger partial charge in [0, 0.05) is 18.8 Å². The van der Waals surface area contributed by atoms with Gasteiger partial charge in [0.15, 0.2) is 17.4 Å². The molecule has 0 bridgehead atoms. The van der Waals surface area contributed by atoms with Crippen molar-refractivity contribution >= 4 is 5.69 Å². The number of aromatic hydroxyl groups is 1. The topological polar surface area (TPSA) is 52.5 Å². The number of aliphatic hydroxyl groups excluding tert-OH is 1. The molecule has 3 nitrogen and oxygen atoms in total. The van der Waals surface area contributed by atoms with E-state index in [2.05, 4.69) is 5.32 Å². The van der Waals surface area contributed by atoms with Crippen molar-refractivity contribution in [1.82, 2.24) is 0 Å². The van der Waals surface area contributed by atoms with Crippen LogP contribution < -0.4 is 5.32 Å². The SMILES string of the molecule is OCCCc1cccc(NCc2cc(F)c(O)c(F)c2)c1. The third-order valence-electron chi connectivity index (χ3n) is 3.12. The number of anilines is 1. The molecule has 0 heterocycles. The number of hydrogen-bond donors (Lipinski definition) is 3. The van der Waals surface area contributed by atoms with Gasteiger partial charge in [0.05, 0.1) is 0 Å². The highest BCUT2D eigenvalue weighted by Crippen LogP contribution is 2.22. The Morgan fingerprint density at radius 2 is 1.71 bits per heavy atom. The summed E-state index contributed by atoms with van der Waals surface area (Å²) in [7, 11) is 0. The Morgan fingerprint density at radius 3 is 2.38 bits per heavy atom. The van der Waals surface area contributed by atoms with Crippen LogP contribution in [0.4, 0.5) is 14.5 Å². The van der Waals surface area contributed by atoms with Crippen molar-refractivity contribution in [1.29, 1.82) is 0 Å². The van der Waals surface area contributed by atoms with Gasteiger partial charge < -0.3 is 15.5 Å². The Bertz CT molecular complexity index is 594. The number of aryl methyl sites for hydroxylation is 1. The fourth-order valence-corrected chi connectivity index (χ4v) is 2.04. The number of phenols is 1. The average molecular weight is 293 g/mol. The van der Waals surface area contributed by atoms with Crippen LogP contribution in [0, 0.1) is 11.6 Å². The van der Waals surface area contributed by atoms with E-state index in [9.17, 15) is 8.78 Å². The molecule has 0 aliphatic carbocycles. The highest BCUT2D eigenvalue weighted by Gasteiger charge is 2.09. The smallest absolute Gasteiger partial charge is 0.187 e. The molecule has 0 aromatic heterocycles. The van der Waals surface area contributed by atoms with Crippen LogP contribution in [0.15, 0.2) is 36.4 Å². The molecular formula is C16H17F2NO2. The summed E-state index contributed by atoms with van der Waals surface area (Å²) in [4.78, 5) is 0. The molecule has 5 heteroatoms. The molecule has 0 aliphatic rings. The predicted octanol–water partition coefficient (Wildman–Crippen LogP) is 3.21. The van der Waals surface area contributed by atoms with E-state index in [1.165, 1.54) is 0 Å². The standard InChI is InChI=1S/C16H17F2NO2/c17-14-8-12(9-15(18)16(14)21)10-19-13-5-1-3-11(7-13)4-2-6-20/h1,3,5,7-9,19-21H,2,4,6,10H2. The van der Waals surface area contributed by atoms with E-state index < -0.39 is 17.4 Å². The summed E-state index contributed by atoms with van der Waals surface area (Å²) in [5, 5.41) is 20.9. The molecule has 2 aromatic carbocycles. The van der Waals surface area contributed by atoms with Gasteiger partial charge in [-0.15, -0.1) is 0 Å². The average Bonchev–Trinajstić information content (AvgIpc) is 2.49. The summed E-state index contributed by atoms with van der Waals surface area (Å²) in [6.45, 7) is 0.390. The molecule has 3 N–H and O–H groups in total. The molecule has 2 rings (SSSR count). The lowest BCUT2D eigenvalue weighted by Gasteiger charge is -2.09. The van der Waals surface area contributed by atoms with Gasteiger partial charge in [0.25, 0.3) is 0 Å². The Balaban J connectivity index is 2.03. The molecule has 0 radical (unpaired) electrons. The summed E-state index contributed by atoms with van der Waals surface area (Å²) >= 11 is 0. The lowest BCUT2D eigenvalue weighted by atomic mass is 10.1. The summed E-state index contributed by atoms with van der Waals surface area (Å²) in [5.41, 5.74) is 2.32. The van der Waals surface area contributed by atoms with Crippen LogP contribution in [-0.4, -0.2) is 16.8 Å². The van der Waals surface area contributed by atoms with Crippen molar-refractivity contribution in [3.8, 4) is 5.75 Å². The first-order valence-electron chi connectivity index (χ1n) is 6.70. The highest BCUT2D eigenvalue weighted by molar-refractivity contribution is 5.46. The number of hydrogen-bond acceptors (Lipinski definition) is 3. The first-order valence-corrected chi connectivity index (χ1v) is 6.70. The number of phenolic OH excluding ortho intramolecular Hbond substituents is 1. The highest BCUT2D eigenvalue weighted by atomic mass is 19.1. The maximum atomic E-state index is 13.2. The van der Waals surface area contributed by atoms with Crippen LogP contribution in [-0.2, 0) is 13.0 Å². The molecule has 0 fully saturated rings.